The zero-order valence-electron chi connectivity index (χ0n) is 18.5. The minimum absolute atomic E-state index is 0.000890. The maximum absolute atomic E-state index is 14.3. The van der Waals surface area contributed by atoms with Crippen molar-refractivity contribution in [3.05, 3.63) is 71.0 Å². The first kappa shape index (κ1) is 23.5. The van der Waals surface area contributed by atoms with Crippen LogP contribution in [0.4, 0.5) is 4.39 Å². The summed E-state index contributed by atoms with van der Waals surface area (Å²) < 4.78 is 14.3. The number of benzene rings is 2. The molecule has 0 aromatic heterocycles. The fourth-order valence-electron chi connectivity index (χ4n) is 3.40. The molecule has 6 heteroatoms. The average molecular weight is 414 g/mol. The predicted molar refractivity (Wildman–Crippen MR) is 118 cm³/mol. The highest BCUT2D eigenvalue weighted by Gasteiger charge is 2.24. The maximum Gasteiger partial charge on any atom is 0.253 e. The van der Waals surface area contributed by atoms with E-state index >= 15 is 0 Å². The van der Waals surface area contributed by atoms with Crippen molar-refractivity contribution >= 4 is 11.8 Å². The van der Waals surface area contributed by atoms with E-state index in [1.807, 2.05) is 49.3 Å². The molecule has 2 amide bonds. The summed E-state index contributed by atoms with van der Waals surface area (Å²) >= 11 is 0. The molecule has 0 aliphatic heterocycles. The first-order valence-electron chi connectivity index (χ1n) is 10.1. The number of hydrogen-bond donors (Lipinski definition) is 2. The van der Waals surface area contributed by atoms with Gasteiger partial charge in [-0.05, 0) is 49.2 Å². The van der Waals surface area contributed by atoms with E-state index in [2.05, 4.69) is 24.5 Å². The Balaban J connectivity index is 1.98. The van der Waals surface area contributed by atoms with Crippen LogP contribution in [0.1, 0.15) is 41.8 Å². The van der Waals surface area contributed by atoms with E-state index in [0.29, 0.717) is 19.4 Å². The van der Waals surface area contributed by atoms with E-state index in [-0.39, 0.29) is 22.9 Å². The van der Waals surface area contributed by atoms with Gasteiger partial charge >= 0.3 is 0 Å². The van der Waals surface area contributed by atoms with Crippen LogP contribution in [0, 0.1) is 5.82 Å². The zero-order valence-corrected chi connectivity index (χ0v) is 18.5. The van der Waals surface area contributed by atoms with Crippen molar-refractivity contribution in [3.8, 4) is 0 Å². The van der Waals surface area contributed by atoms with E-state index in [1.165, 1.54) is 19.2 Å². The smallest absolute Gasteiger partial charge is 0.253 e. The Hall–Kier alpha value is -2.73. The molecular weight excluding hydrogens is 381 g/mol. The van der Waals surface area contributed by atoms with Gasteiger partial charge in [-0.25, -0.2) is 4.39 Å². The van der Waals surface area contributed by atoms with Gasteiger partial charge in [0.1, 0.15) is 5.82 Å². The molecule has 2 aromatic carbocycles. The quantitative estimate of drug-likeness (QED) is 0.664. The highest BCUT2D eigenvalue weighted by molar-refractivity contribution is 5.94. The molecule has 0 heterocycles. The monoisotopic (exact) mass is 413 g/mol. The summed E-state index contributed by atoms with van der Waals surface area (Å²) in [5.41, 5.74) is 1.66. The van der Waals surface area contributed by atoms with Gasteiger partial charge in [-0.3, -0.25) is 9.59 Å². The van der Waals surface area contributed by atoms with Crippen molar-refractivity contribution < 1.29 is 14.0 Å². The van der Waals surface area contributed by atoms with Crippen molar-refractivity contribution in [2.24, 2.45) is 0 Å². The van der Waals surface area contributed by atoms with Crippen molar-refractivity contribution in [2.75, 3.05) is 27.7 Å². The van der Waals surface area contributed by atoms with Gasteiger partial charge in [-0.1, -0.05) is 50.2 Å². The minimum Gasteiger partial charge on any atom is -0.355 e. The third-order valence-corrected chi connectivity index (χ3v) is 5.40. The number of rotatable bonds is 9. The molecule has 0 saturated carbocycles. The van der Waals surface area contributed by atoms with Gasteiger partial charge in [0.2, 0.25) is 5.91 Å². The topological polar surface area (TPSA) is 61.4 Å². The summed E-state index contributed by atoms with van der Waals surface area (Å²) in [5.74, 6) is -1.01. The number of halogens is 1. The van der Waals surface area contributed by atoms with Crippen LogP contribution < -0.4 is 10.6 Å². The van der Waals surface area contributed by atoms with Crippen LogP contribution in [-0.2, 0) is 16.6 Å². The molecule has 0 fully saturated rings. The number of carbonyl (C=O) groups excluding carboxylic acids is 2. The van der Waals surface area contributed by atoms with E-state index in [4.69, 9.17) is 0 Å². The molecule has 162 valence electrons. The van der Waals surface area contributed by atoms with Gasteiger partial charge < -0.3 is 15.5 Å². The Kier molecular flexibility index (Phi) is 8.12. The first-order valence-corrected chi connectivity index (χ1v) is 10.1. The lowest BCUT2D eigenvalue weighted by Crippen LogP contribution is -2.42. The fourth-order valence-corrected chi connectivity index (χ4v) is 3.40. The van der Waals surface area contributed by atoms with Gasteiger partial charge in [0.25, 0.3) is 5.91 Å². The van der Waals surface area contributed by atoms with E-state index in [1.54, 1.807) is 6.07 Å². The predicted octanol–water partition coefficient (Wildman–Crippen LogP) is 3.14. The molecule has 0 radical (unpaired) electrons. The molecule has 2 rings (SSSR count). The number of amides is 2. The van der Waals surface area contributed by atoms with E-state index in [9.17, 15) is 14.0 Å². The second-order valence-corrected chi connectivity index (χ2v) is 8.45. The molecule has 1 atom stereocenters. The van der Waals surface area contributed by atoms with Crippen LogP contribution in [0.2, 0.25) is 0 Å². The molecule has 0 saturated heterocycles. The lowest BCUT2D eigenvalue weighted by molar-refractivity contribution is -0.122. The molecule has 0 bridgehead atoms. The Morgan fingerprint density at radius 3 is 2.33 bits per heavy atom. The first-order chi connectivity index (χ1) is 14.1. The molecule has 0 aliphatic rings. The average Bonchev–Trinajstić information content (AvgIpc) is 2.70. The third-order valence-electron chi connectivity index (χ3n) is 5.40. The Morgan fingerprint density at radius 2 is 1.77 bits per heavy atom. The third kappa shape index (κ3) is 6.39. The fraction of sp³-hybridized carbons (Fsp3) is 0.417. The Morgan fingerprint density at radius 1 is 1.10 bits per heavy atom. The van der Waals surface area contributed by atoms with Crippen LogP contribution in [0.15, 0.2) is 48.5 Å². The Labute approximate surface area is 178 Å². The van der Waals surface area contributed by atoms with Crippen molar-refractivity contribution in [3.63, 3.8) is 0 Å². The number of likely N-dealkylation sites (N-methyl/N-ethyl adjacent to an activating group) is 1. The van der Waals surface area contributed by atoms with Crippen molar-refractivity contribution in [1.29, 1.82) is 0 Å². The molecular formula is C24H32FN3O2. The van der Waals surface area contributed by atoms with E-state index < -0.39 is 11.7 Å². The summed E-state index contributed by atoms with van der Waals surface area (Å²) in [6.07, 6.45) is 0.937. The lowest BCUT2D eigenvalue weighted by atomic mass is 9.81. The van der Waals surface area contributed by atoms with Gasteiger partial charge in [-0.2, -0.15) is 0 Å². The second-order valence-electron chi connectivity index (χ2n) is 8.45. The number of carbonyl (C=O) groups is 2. The normalized spacial score (nSPS) is 12.5. The molecule has 30 heavy (non-hydrogen) atoms. The molecule has 2 aromatic rings. The SMILES string of the molecule is CNC(=O)c1ccc(C[C@@H](CNC(=O)CC(C)(C)c2ccccc2)N(C)C)cc1F. The van der Waals surface area contributed by atoms with Gasteiger partial charge in [0, 0.05) is 26.1 Å². The summed E-state index contributed by atoms with van der Waals surface area (Å²) in [7, 11) is 5.33. The second kappa shape index (κ2) is 10.3. The van der Waals surface area contributed by atoms with Crippen LogP contribution >= 0.6 is 0 Å². The summed E-state index contributed by atoms with van der Waals surface area (Å²) in [6.45, 7) is 4.57. The van der Waals surface area contributed by atoms with Gasteiger partial charge in [0.15, 0.2) is 0 Å². The van der Waals surface area contributed by atoms with Crippen LogP contribution in [0.5, 0.6) is 0 Å². The molecule has 2 N–H and O–H groups in total. The van der Waals surface area contributed by atoms with Gasteiger partial charge in [0.05, 0.1) is 5.56 Å². The maximum atomic E-state index is 14.3. The molecule has 5 nitrogen and oxygen atoms in total. The Bertz CT molecular complexity index is 866. The van der Waals surface area contributed by atoms with Crippen LogP contribution in [0.3, 0.4) is 0 Å². The molecule has 0 unspecified atom stereocenters. The number of nitrogens with one attached hydrogen (secondary N) is 2. The zero-order chi connectivity index (χ0) is 22.3. The number of hydrogen-bond acceptors (Lipinski definition) is 3. The van der Waals surface area contributed by atoms with Crippen LogP contribution in [-0.4, -0.2) is 50.4 Å². The van der Waals surface area contributed by atoms with Crippen molar-refractivity contribution in [2.45, 2.75) is 38.1 Å². The largest absolute Gasteiger partial charge is 0.355 e. The van der Waals surface area contributed by atoms with E-state index in [0.717, 1.165) is 11.1 Å². The number of nitrogens with zero attached hydrogens (tertiary/aromatic N) is 1. The highest BCUT2D eigenvalue weighted by atomic mass is 19.1. The standard InChI is InChI=1S/C24H32FN3O2/c1-24(2,18-9-7-6-8-10-18)15-22(29)27-16-19(28(4)5)13-17-11-12-20(21(25)14-17)23(30)26-3/h6-12,14,19H,13,15-16H2,1-5H3,(H,26,30)(H,27,29)/t19-/m0/s1. The van der Waals surface area contributed by atoms with Crippen LogP contribution in [0.25, 0.3) is 0 Å². The lowest BCUT2D eigenvalue weighted by Gasteiger charge is -2.27. The minimum atomic E-state index is -0.544. The summed E-state index contributed by atoms with van der Waals surface area (Å²) in [6, 6.07) is 14.6. The summed E-state index contributed by atoms with van der Waals surface area (Å²) in [4.78, 5) is 26.3. The molecule has 0 aliphatic carbocycles. The highest BCUT2D eigenvalue weighted by Crippen LogP contribution is 2.26. The molecule has 0 spiro atoms. The van der Waals surface area contributed by atoms with Gasteiger partial charge in [-0.15, -0.1) is 0 Å². The van der Waals surface area contributed by atoms with Crippen molar-refractivity contribution in [1.82, 2.24) is 15.5 Å². The summed E-state index contributed by atoms with van der Waals surface area (Å²) in [5, 5.41) is 5.45.